The van der Waals surface area contributed by atoms with Crippen LogP contribution in [0.2, 0.25) is 12.6 Å². The van der Waals surface area contributed by atoms with Crippen LogP contribution in [0, 0.1) is 0 Å². The molecule has 0 aliphatic carbocycles. The molecule has 0 aliphatic rings. The van der Waals surface area contributed by atoms with E-state index >= 15 is 0 Å². The Bertz CT molecular complexity index is 277. The molecule has 0 saturated heterocycles. The predicted molar refractivity (Wildman–Crippen MR) is 66.2 cm³/mol. The fourth-order valence-electron chi connectivity index (χ4n) is 0.944. The van der Waals surface area contributed by atoms with Gasteiger partial charge in [-0.25, -0.2) is 4.79 Å². The SMILES string of the molecule is C=C(C)C(=O)OCC[SiH](C)OC(=O)COCC. The first kappa shape index (κ1) is 15.9. The van der Waals surface area contributed by atoms with Gasteiger partial charge in [0, 0.05) is 18.2 Å². The molecular weight excluding hydrogens is 240 g/mol. The highest BCUT2D eigenvalue weighted by Crippen LogP contribution is 1.99. The van der Waals surface area contributed by atoms with Crippen molar-refractivity contribution < 1.29 is 23.5 Å². The van der Waals surface area contributed by atoms with Gasteiger partial charge in [-0.2, -0.15) is 0 Å². The van der Waals surface area contributed by atoms with Crippen LogP contribution < -0.4 is 0 Å². The summed E-state index contributed by atoms with van der Waals surface area (Å²) in [5, 5.41) is 0. The largest absolute Gasteiger partial charge is 0.520 e. The van der Waals surface area contributed by atoms with Crippen LogP contribution >= 0.6 is 0 Å². The van der Waals surface area contributed by atoms with E-state index in [-0.39, 0.29) is 19.2 Å². The van der Waals surface area contributed by atoms with Gasteiger partial charge in [-0.1, -0.05) is 6.58 Å². The zero-order chi connectivity index (χ0) is 13.3. The third-order valence-corrected chi connectivity index (χ3v) is 3.58. The van der Waals surface area contributed by atoms with Gasteiger partial charge in [-0.3, -0.25) is 4.79 Å². The molecule has 0 rings (SSSR count). The maximum absolute atomic E-state index is 11.2. The lowest BCUT2D eigenvalue weighted by atomic mass is 10.4. The summed E-state index contributed by atoms with van der Waals surface area (Å²) in [5.41, 5.74) is 0.368. The number of carbonyl (C=O) groups excluding carboxylic acids is 2. The van der Waals surface area contributed by atoms with Crippen LogP contribution in [0.1, 0.15) is 13.8 Å². The van der Waals surface area contributed by atoms with Crippen molar-refractivity contribution in [3.8, 4) is 0 Å². The third-order valence-electron chi connectivity index (χ3n) is 1.86. The van der Waals surface area contributed by atoms with E-state index in [0.29, 0.717) is 18.2 Å². The van der Waals surface area contributed by atoms with Crippen molar-refractivity contribution in [3.05, 3.63) is 12.2 Å². The lowest BCUT2D eigenvalue weighted by Gasteiger charge is -2.12. The van der Waals surface area contributed by atoms with E-state index in [1.165, 1.54) is 0 Å². The number of rotatable bonds is 8. The molecule has 0 spiro atoms. The summed E-state index contributed by atoms with van der Waals surface area (Å²) in [4.78, 5) is 22.2. The quantitative estimate of drug-likeness (QED) is 0.371. The molecule has 0 bridgehead atoms. The third kappa shape index (κ3) is 8.64. The first-order valence-corrected chi connectivity index (χ1v) is 8.01. The van der Waals surface area contributed by atoms with Gasteiger partial charge in [0.25, 0.3) is 0 Å². The zero-order valence-corrected chi connectivity index (χ0v) is 11.8. The first-order chi connectivity index (χ1) is 7.97. The van der Waals surface area contributed by atoms with Gasteiger partial charge in [0.05, 0.1) is 6.61 Å². The summed E-state index contributed by atoms with van der Waals surface area (Å²) >= 11 is 0. The smallest absolute Gasteiger partial charge is 0.333 e. The second kappa shape index (κ2) is 8.95. The lowest BCUT2D eigenvalue weighted by molar-refractivity contribution is -0.139. The van der Waals surface area contributed by atoms with E-state index in [0.717, 1.165) is 0 Å². The lowest BCUT2D eigenvalue weighted by Crippen LogP contribution is -2.24. The van der Waals surface area contributed by atoms with Crippen molar-refractivity contribution in [2.45, 2.75) is 26.4 Å². The van der Waals surface area contributed by atoms with E-state index in [1.54, 1.807) is 6.92 Å². The Balaban J connectivity index is 3.65. The van der Waals surface area contributed by atoms with E-state index in [9.17, 15) is 9.59 Å². The predicted octanol–water partition coefficient (Wildman–Crippen LogP) is 1.04. The molecule has 1 unspecified atom stereocenters. The fraction of sp³-hybridized carbons (Fsp3) is 0.636. The minimum Gasteiger partial charge on any atom is -0.520 e. The van der Waals surface area contributed by atoms with Crippen LogP contribution in [-0.4, -0.2) is 40.8 Å². The van der Waals surface area contributed by atoms with Crippen molar-refractivity contribution in [1.29, 1.82) is 0 Å². The number of carbonyl (C=O) groups is 2. The fourth-order valence-corrected chi connectivity index (χ4v) is 2.03. The molecule has 0 heterocycles. The monoisotopic (exact) mass is 260 g/mol. The summed E-state index contributed by atoms with van der Waals surface area (Å²) in [6.45, 7) is 9.48. The average molecular weight is 260 g/mol. The molecule has 17 heavy (non-hydrogen) atoms. The highest BCUT2D eigenvalue weighted by Gasteiger charge is 2.12. The van der Waals surface area contributed by atoms with Crippen LogP contribution in [0.3, 0.4) is 0 Å². The van der Waals surface area contributed by atoms with Gasteiger partial charge in [0.2, 0.25) is 9.04 Å². The van der Waals surface area contributed by atoms with Crippen molar-refractivity contribution in [1.82, 2.24) is 0 Å². The Kier molecular flexibility index (Phi) is 8.34. The van der Waals surface area contributed by atoms with Gasteiger partial charge in [-0.15, -0.1) is 0 Å². The van der Waals surface area contributed by atoms with Gasteiger partial charge >= 0.3 is 11.9 Å². The molecule has 0 aromatic carbocycles. The maximum Gasteiger partial charge on any atom is 0.333 e. The van der Waals surface area contributed by atoms with Crippen molar-refractivity contribution in [2.75, 3.05) is 19.8 Å². The molecule has 5 nitrogen and oxygen atoms in total. The first-order valence-electron chi connectivity index (χ1n) is 5.57. The van der Waals surface area contributed by atoms with E-state index in [2.05, 4.69) is 6.58 Å². The van der Waals surface area contributed by atoms with Crippen LogP contribution in [0.5, 0.6) is 0 Å². The van der Waals surface area contributed by atoms with Crippen LogP contribution in [-0.2, 0) is 23.5 Å². The topological polar surface area (TPSA) is 61.8 Å². The molecule has 1 atom stereocenters. The van der Waals surface area contributed by atoms with E-state index < -0.39 is 15.0 Å². The number of ether oxygens (including phenoxy) is 2. The highest BCUT2D eigenvalue weighted by atomic mass is 28.3. The van der Waals surface area contributed by atoms with Crippen molar-refractivity contribution in [2.24, 2.45) is 0 Å². The number of hydrogen-bond acceptors (Lipinski definition) is 5. The van der Waals surface area contributed by atoms with Crippen LogP contribution in [0.25, 0.3) is 0 Å². The van der Waals surface area contributed by atoms with Crippen molar-refractivity contribution >= 4 is 21.0 Å². The molecule has 0 fully saturated rings. The normalized spacial score (nSPS) is 11.7. The van der Waals surface area contributed by atoms with Crippen LogP contribution in [0.15, 0.2) is 12.2 Å². The van der Waals surface area contributed by atoms with Gasteiger partial charge in [0.1, 0.15) is 6.61 Å². The highest BCUT2D eigenvalue weighted by molar-refractivity contribution is 6.52. The Labute approximate surface area is 103 Å². The minimum atomic E-state index is -1.63. The molecule has 0 aromatic heterocycles. The maximum atomic E-state index is 11.2. The van der Waals surface area contributed by atoms with Gasteiger partial charge in [0.15, 0.2) is 0 Å². The zero-order valence-electron chi connectivity index (χ0n) is 10.7. The molecule has 0 aromatic rings. The summed E-state index contributed by atoms with van der Waals surface area (Å²) in [6, 6.07) is 0.594. The Morgan fingerprint density at radius 2 is 2.00 bits per heavy atom. The minimum absolute atomic E-state index is 0.0145. The number of hydrogen-bond donors (Lipinski definition) is 0. The van der Waals surface area contributed by atoms with E-state index in [1.807, 2.05) is 13.5 Å². The van der Waals surface area contributed by atoms with Gasteiger partial charge < -0.3 is 13.9 Å². The molecule has 6 heteroatoms. The molecule has 0 saturated carbocycles. The summed E-state index contributed by atoms with van der Waals surface area (Å²) < 4.78 is 15.0. The summed E-state index contributed by atoms with van der Waals surface area (Å²) in [6.07, 6.45) is 0. The summed E-state index contributed by atoms with van der Waals surface area (Å²) in [5.74, 6) is -0.760. The Morgan fingerprint density at radius 1 is 1.35 bits per heavy atom. The van der Waals surface area contributed by atoms with Crippen molar-refractivity contribution in [3.63, 3.8) is 0 Å². The second-order valence-electron chi connectivity index (χ2n) is 3.64. The average Bonchev–Trinajstić information content (AvgIpc) is 2.25. The molecule has 0 amide bonds. The molecule has 0 radical (unpaired) electrons. The Hall–Kier alpha value is -1.14. The van der Waals surface area contributed by atoms with E-state index in [4.69, 9.17) is 13.9 Å². The molecule has 0 aliphatic heterocycles. The number of esters is 1. The molecule has 0 N–H and O–H groups in total. The molecular formula is C11H20O5Si. The standard InChI is InChI=1S/C11H20O5Si/c1-5-14-8-10(12)16-17(4)7-6-15-11(13)9(2)3/h17H,2,5-8H2,1,3-4H3. The summed E-state index contributed by atoms with van der Waals surface area (Å²) in [7, 11) is -1.63. The van der Waals surface area contributed by atoms with Crippen LogP contribution in [0.4, 0.5) is 0 Å². The Morgan fingerprint density at radius 3 is 2.53 bits per heavy atom. The van der Waals surface area contributed by atoms with Gasteiger partial charge in [-0.05, 0) is 20.4 Å². The second-order valence-corrected chi connectivity index (χ2v) is 6.08. The molecule has 98 valence electrons.